The zero-order chi connectivity index (χ0) is 13.5. The van der Waals surface area contributed by atoms with Crippen LogP contribution in [0, 0.1) is 16.0 Å². The third-order valence-electron chi connectivity index (χ3n) is 4.37. The predicted molar refractivity (Wildman–Crippen MR) is 68.6 cm³/mol. The molecule has 1 fully saturated rings. The van der Waals surface area contributed by atoms with Crippen molar-refractivity contribution in [1.82, 2.24) is 0 Å². The first-order valence-corrected chi connectivity index (χ1v) is 6.70. The molecule has 1 N–H and O–H groups in total. The van der Waals surface area contributed by atoms with Crippen LogP contribution in [-0.2, 0) is 0 Å². The Morgan fingerprint density at radius 2 is 2.21 bits per heavy atom. The second-order valence-electron chi connectivity index (χ2n) is 5.49. The number of benzene rings is 1. The first kappa shape index (κ1) is 12.4. The molecule has 3 atom stereocenters. The number of aliphatic hydroxyl groups is 1. The van der Waals surface area contributed by atoms with Gasteiger partial charge in [0.25, 0.3) is 0 Å². The number of aliphatic hydroxyl groups excluding tert-OH is 1. The molecule has 3 unspecified atom stereocenters. The molecular weight excluding hydrogens is 246 g/mol. The highest BCUT2D eigenvalue weighted by molar-refractivity contribution is 5.39. The Morgan fingerprint density at radius 3 is 3.00 bits per heavy atom. The molecule has 0 amide bonds. The smallest absolute Gasteiger partial charge is 0.243 e. The molecule has 19 heavy (non-hydrogen) atoms. The monoisotopic (exact) mass is 263 g/mol. The number of ether oxygens (including phenoxy) is 1. The Hall–Kier alpha value is -1.62. The molecule has 0 saturated heterocycles. The lowest BCUT2D eigenvalue weighted by molar-refractivity contribution is -0.504. The summed E-state index contributed by atoms with van der Waals surface area (Å²) in [7, 11) is 0. The van der Waals surface area contributed by atoms with E-state index in [1.165, 1.54) is 0 Å². The lowest BCUT2D eigenvalue weighted by Crippen LogP contribution is -2.55. The van der Waals surface area contributed by atoms with Gasteiger partial charge in [-0.25, -0.2) is 0 Å². The molecular formula is C14H17NO4. The van der Waals surface area contributed by atoms with Crippen LogP contribution in [0.4, 0.5) is 0 Å². The van der Waals surface area contributed by atoms with Gasteiger partial charge in [0.05, 0.1) is 6.10 Å². The first-order valence-electron chi connectivity index (χ1n) is 6.70. The molecule has 0 aromatic heterocycles. The van der Waals surface area contributed by atoms with Crippen molar-refractivity contribution in [3.05, 3.63) is 39.9 Å². The zero-order valence-corrected chi connectivity index (χ0v) is 10.6. The topological polar surface area (TPSA) is 72.6 Å². The van der Waals surface area contributed by atoms with Crippen molar-refractivity contribution in [2.24, 2.45) is 5.92 Å². The van der Waals surface area contributed by atoms with E-state index < -0.39 is 11.7 Å². The highest BCUT2D eigenvalue weighted by Crippen LogP contribution is 2.50. The molecule has 1 aliphatic heterocycles. The Morgan fingerprint density at radius 1 is 1.42 bits per heavy atom. The highest BCUT2D eigenvalue weighted by atomic mass is 16.6. The van der Waals surface area contributed by atoms with Gasteiger partial charge < -0.3 is 9.84 Å². The largest absolute Gasteiger partial charge is 0.480 e. The number of nitrogens with zero attached hydrogens (tertiary/aromatic N) is 1. The van der Waals surface area contributed by atoms with Crippen molar-refractivity contribution in [1.29, 1.82) is 0 Å². The third kappa shape index (κ3) is 1.98. The Kier molecular flexibility index (Phi) is 2.93. The molecule has 1 heterocycles. The molecule has 0 radical (unpaired) electrons. The van der Waals surface area contributed by atoms with E-state index >= 15 is 0 Å². The normalized spacial score (nSPS) is 32.9. The fraction of sp³-hybridized carbons (Fsp3) is 0.571. The van der Waals surface area contributed by atoms with Crippen LogP contribution >= 0.6 is 0 Å². The second-order valence-corrected chi connectivity index (χ2v) is 5.49. The molecule has 5 nitrogen and oxygen atoms in total. The maximum Gasteiger partial charge on any atom is 0.243 e. The summed E-state index contributed by atoms with van der Waals surface area (Å²) in [6, 6.07) is 7.30. The summed E-state index contributed by atoms with van der Waals surface area (Å²) in [6.07, 6.45) is 2.67. The lowest BCUT2D eigenvalue weighted by Gasteiger charge is -2.47. The number of hydrogen-bond donors (Lipinski definition) is 1. The van der Waals surface area contributed by atoms with Crippen LogP contribution in [0.3, 0.4) is 0 Å². The molecule has 5 heteroatoms. The maximum atomic E-state index is 11.0. The van der Waals surface area contributed by atoms with Crippen molar-refractivity contribution in [2.45, 2.75) is 37.4 Å². The Balaban J connectivity index is 2.04. The van der Waals surface area contributed by atoms with Gasteiger partial charge in [-0.2, -0.15) is 0 Å². The fourth-order valence-electron chi connectivity index (χ4n) is 3.51. The molecule has 3 rings (SSSR count). The van der Waals surface area contributed by atoms with Gasteiger partial charge in [-0.3, -0.25) is 10.1 Å². The van der Waals surface area contributed by atoms with E-state index in [1.54, 1.807) is 6.07 Å². The molecule has 0 bridgehead atoms. The number of hydrogen-bond acceptors (Lipinski definition) is 4. The van der Waals surface area contributed by atoms with E-state index in [-0.39, 0.29) is 17.4 Å². The van der Waals surface area contributed by atoms with Gasteiger partial charge in [0.1, 0.15) is 5.75 Å². The average molecular weight is 263 g/mol. The standard InChI is InChI=1S/C14H17NO4/c16-13-10-5-1-2-7-12(10)19-14(9-15(17)18)8-4-3-6-11(13)14/h1-2,5,7,11,13,16H,3-4,6,8-9H2. The van der Waals surface area contributed by atoms with Gasteiger partial charge in [-0.05, 0) is 25.3 Å². The number of fused-ring (bicyclic) bond motifs is 2. The van der Waals surface area contributed by atoms with Crippen LogP contribution in [0.5, 0.6) is 5.75 Å². The summed E-state index contributed by atoms with van der Waals surface area (Å²) in [5, 5.41) is 21.5. The summed E-state index contributed by atoms with van der Waals surface area (Å²) in [6.45, 7) is -0.233. The van der Waals surface area contributed by atoms with E-state index in [0.29, 0.717) is 12.2 Å². The molecule has 102 valence electrons. The van der Waals surface area contributed by atoms with Crippen LogP contribution in [0.25, 0.3) is 0 Å². The van der Waals surface area contributed by atoms with Gasteiger partial charge >= 0.3 is 0 Å². The minimum absolute atomic E-state index is 0.179. The summed E-state index contributed by atoms with van der Waals surface area (Å²) in [5.74, 6) is 0.413. The summed E-state index contributed by atoms with van der Waals surface area (Å²) >= 11 is 0. The number of para-hydroxylation sites is 1. The SMILES string of the molecule is O=[N+]([O-])CC12CCCCC1C(O)c1ccccc1O2. The molecule has 1 aromatic rings. The van der Waals surface area contributed by atoms with Crippen LogP contribution < -0.4 is 4.74 Å². The van der Waals surface area contributed by atoms with Crippen LogP contribution in [0.15, 0.2) is 24.3 Å². The molecule has 2 aliphatic rings. The van der Waals surface area contributed by atoms with Crippen molar-refractivity contribution < 1.29 is 14.8 Å². The van der Waals surface area contributed by atoms with Crippen molar-refractivity contribution >= 4 is 0 Å². The average Bonchev–Trinajstić information content (AvgIpc) is 2.38. The Labute approximate surface area is 111 Å². The molecule has 1 aliphatic carbocycles. The van der Waals surface area contributed by atoms with E-state index in [4.69, 9.17) is 4.74 Å². The molecule has 0 spiro atoms. The van der Waals surface area contributed by atoms with E-state index in [0.717, 1.165) is 24.8 Å². The predicted octanol–water partition coefficient (Wildman–Crippen LogP) is 2.32. The zero-order valence-electron chi connectivity index (χ0n) is 10.6. The van der Waals surface area contributed by atoms with Crippen molar-refractivity contribution in [2.75, 3.05) is 6.54 Å². The van der Waals surface area contributed by atoms with Gasteiger partial charge in [0, 0.05) is 16.4 Å². The van der Waals surface area contributed by atoms with Crippen molar-refractivity contribution in [3.63, 3.8) is 0 Å². The summed E-state index contributed by atoms with van der Waals surface area (Å²) in [4.78, 5) is 10.7. The highest BCUT2D eigenvalue weighted by Gasteiger charge is 2.53. The number of nitro groups is 1. The Bertz CT molecular complexity index is 504. The third-order valence-corrected chi connectivity index (χ3v) is 4.37. The van der Waals surface area contributed by atoms with Gasteiger partial charge in [-0.1, -0.05) is 24.6 Å². The minimum Gasteiger partial charge on any atom is -0.480 e. The maximum absolute atomic E-state index is 11.0. The van der Waals surface area contributed by atoms with Crippen LogP contribution in [0.1, 0.15) is 37.4 Å². The van der Waals surface area contributed by atoms with Gasteiger partial charge in [-0.15, -0.1) is 0 Å². The molecule has 1 aromatic carbocycles. The van der Waals surface area contributed by atoms with Gasteiger partial charge in [0.2, 0.25) is 6.54 Å². The summed E-state index contributed by atoms with van der Waals surface area (Å²) in [5.41, 5.74) is -0.0800. The quantitative estimate of drug-likeness (QED) is 0.656. The fourth-order valence-corrected chi connectivity index (χ4v) is 3.51. The lowest BCUT2D eigenvalue weighted by atomic mass is 9.69. The van der Waals surface area contributed by atoms with E-state index in [9.17, 15) is 15.2 Å². The molecule has 1 saturated carbocycles. The van der Waals surface area contributed by atoms with E-state index in [1.807, 2.05) is 18.2 Å². The summed E-state index contributed by atoms with van der Waals surface area (Å²) < 4.78 is 6.00. The van der Waals surface area contributed by atoms with Crippen molar-refractivity contribution in [3.8, 4) is 5.75 Å². The minimum atomic E-state index is -0.838. The second kappa shape index (κ2) is 4.49. The van der Waals surface area contributed by atoms with Crippen LogP contribution in [0.2, 0.25) is 0 Å². The van der Waals surface area contributed by atoms with Gasteiger partial charge in [0.15, 0.2) is 5.60 Å². The van der Waals surface area contributed by atoms with Crippen LogP contribution in [-0.4, -0.2) is 22.2 Å². The first-order chi connectivity index (χ1) is 9.12. The van der Waals surface area contributed by atoms with E-state index in [2.05, 4.69) is 0 Å². The number of rotatable bonds is 2.